The highest BCUT2D eigenvalue weighted by molar-refractivity contribution is 5.80. The van der Waals surface area contributed by atoms with Crippen LogP contribution in [0.25, 0.3) is 22.4 Å². The van der Waals surface area contributed by atoms with Gasteiger partial charge in [0.15, 0.2) is 22.8 Å². The summed E-state index contributed by atoms with van der Waals surface area (Å²) in [5.41, 5.74) is 6.84. The third-order valence-corrected chi connectivity index (χ3v) is 8.60. The number of aromatic nitrogens is 5. The first-order chi connectivity index (χ1) is 21.9. The number of piperidine rings is 1. The van der Waals surface area contributed by atoms with Crippen molar-refractivity contribution in [1.82, 2.24) is 29.8 Å². The number of primary amides is 1. The maximum absolute atomic E-state index is 14.2. The van der Waals surface area contributed by atoms with Crippen LogP contribution in [-0.4, -0.2) is 73.6 Å². The van der Waals surface area contributed by atoms with Gasteiger partial charge >= 0.3 is 12.2 Å². The van der Waals surface area contributed by atoms with E-state index in [0.29, 0.717) is 47.5 Å². The van der Waals surface area contributed by atoms with Crippen LogP contribution in [0.3, 0.4) is 0 Å². The van der Waals surface area contributed by atoms with Gasteiger partial charge in [0.25, 0.3) is 5.88 Å². The average Bonchev–Trinajstić information content (AvgIpc) is 3.44. The van der Waals surface area contributed by atoms with Gasteiger partial charge in [-0.25, -0.2) is 28.3 Å². The highest BCUT2D eigenvalue weighted by Crippen LogP contribution is 2.36. The van der Waals surface area contributed by atoms with E-state index in [2.05, 4.69) is 25.3 Å². The van der Waals surface area contributed by atoms with Gasteiger partial charge in [0.05, 0.1) is 49.2 Å². The molecular formula is C31H36F2N8O5. The van der Waals surface area contributed by atoms with Crippen LogP contribution >= 0.6 is 0 Å². The number of benzene rings is 1. The second-order valence-electron chi connectivity index (χ2n) is 11.8. The van der Waals surface area contributed by atoms with Crippen molar-refractivity contribution >= 4 is 29.0 Å². The number of amides is 2. The SMILES string of the molecule is COC(=O)NC1(C(O)C(C)C(C)C)CCCN(c2cnc(-c3ccc(F)c(F)c3)cc2Cn2cnc3c(OC(N)=O)ncnc32)C1. The Bertz CT molecular complexity index is 1750. The van der Waals surface area contributed by atoms with E-state index in [4.69, 9.17) is 15.2 Å². The molecule has 3 atom stereocenters. The molecule has 4 heterocycles. The molecule has 0 aliphatic carbocycles. The number of fused-ring (bicyclic) bond motifs is 1. The van der Waals surface area contributed by atoms with Gasteiger partial charge in [-0.05, 0) is 54.5 Å². The van der Waals surface area contributed by atoms with Crippen LogP contribution in [0.15, 0.2) is 43.1 Å². The zero-order valence-electron chi connectivity index (χ0n) is 25.9. The zero-order chi connectivity index (χ0) is 33.2. The van der Waals surface area contributed by atoms with Crippen LogP contribution in [0.2, 0.25) is 0 Å². The number of carbonyl (C=O) groups is 2. The van der Waals surface area contributed by atoms with Crippen LogP contribution in [0.1, 0.15) is 39.2 Å². The molecule has 0 saturated carbocycles. The fraction of sp³-hybridized carbons (Fsp3) is 0.419. The van der Waals surface area contributed by atoms with Gasteiger partial charge in [0.2, 0.25) is 0 Å². The number of imidazole rings is 1. The average molecular weight is 639 g/mol. The van der Waals surface area contributed by atoms with E-state index < -0.39 is 35.5 Å². The molecule has 0 bridgehead atoms. The van der Waals surface area contributed by atoms with Gasteiger partial charge in [-0.2, -0.15) is 4.98 Å². The molecule has 4 N–H and O–H groups in total. The number of ether oxygens (including phenoxy) is 2. The molecule has 4 aromatic rings. The summed E-state index contributed by atoms with van der Waals surface area (Å²) in [5.74, 6) is -2.10. The topological polar surface area (TPSA) is 171 Å². The van der Waals surface area contributed by atoms with Crippen LogP contribution in [0.5, 0.6) is 5.88 Å². The number of alkyl carbamates (subject to hydrolysis) is 1. The first kappa shape index (κ1) is 32.5. The van der Waals surface area contributed by atoms with Crippen LogP contribution in [-0.2, 0) is 11.3 Å². The first-order valence-corrected chi connectivity index (χ1v) is 14.8. The summed E-state index contributed by atoms with van der Waals surface area (Å²) < 4.78 is 39.6. The van der Waals surface area contributed by atoms with Gasteiger partial charge in [-0.3, -0.25) is 4.98 Å². The van der Waals surface area contributed by atoms with E-state index in [0.717, 1.165) is 12.1 Å². The summed E-state index contributed by atoms with van der Waals surface area (Å²) in [7, 11) is 1.28. The summed E-state index contributed by atoms with van der Waals surface area (Å²) in [6.45, 7) is 6.97. The number of carbonyl (C=O) groups excluding carboxylic acids is 2. The number of hydrogen-bond acceptors (Lipinski definition) is 10. The maximum atomic E-state index is 14.2. The lowest BCUT2D eigenvalue weighted by Gasteiger charge is -2.48. The van der Waals surface area contributed by atoms with Crippen molar-refractivity contribution in [2.75, 3.05) is 25.1 Å². The minimum atomic E-state index is -1.05. The lowest BCUT2D eigenvalue weighted by atomic mass is 9.75. The van der Waals surface area contributed by atoms with Gasteiger partial charge in [-0.1, -0.05) is 20.8 Å². The Balaban J connectivity index is 1.59. The quantitative estimate of drug-likeness (QED) is 0.243. The summed E-state index contributed by atoms with van der Waals surface area (Å²) in [5, 5.41) is 14.6. The smallest absolute Gasteiger partial charge is 0.411 e. The van der Waals surface area contributed by atoms with Crippen molar-refractivity contribution in [3.63, 3.8) is 0 Å². The number of aliphatic hydroxyl groups is 1. The molecule has 15 heteroatoms. The number of anilines is 1. The summed E-state index contributed by atoms with van der Waals surface area (Å²) >= 11 is 0. The molecular weight excluding hydrogens is 602 g/mol. The molecule has 2 amide bonds. The zero-order valence-corrected chi connectivity index (χ0v) is 25.9. The summed E-state index contributed by atoms with van der Waals surface area (Å²) in [6, 6.07) is 5.31. The predicted octanol–water partition coefficient (Wildman–Crippen LogP) is 4.02. The number of nitrogens with one attached hydrogen (secondary N) is 1. The van der Waals surface area contributed by atoms with Crippen molar-refractivity contribution in [1.29, 1.82) is 0 Å². The Morgan fingerprint density at radius 1 is 1.13 bits per heavy atom. The van der Waals surface area contributed by atoms with Gasteiger partial charge < -0.3 is 35.1 Å². The molecule has 1 aliphatic heterocycles. The molecule has 3 unspecified atom stereocenters. The lowest BCUT2D eigenvalue weighted by molar-refractivity contribution is -0.00458. The van der Waals surface area contributed by atoms with Crippen molar-refractivity contribution in [2.45, 2.75) is 51.8 Å². The van der Waals surface area contributed by atoms with Crippen molar-refractivity contribution < 1.29 is 33.0 Å². The predicted molar refractivity (Wildman–Crippen MR) is 164 cm³/mol. The van der Waals surface area contributed by atoms with E-state index in [-0.39, 0.29) is 36.3 Å². The highest BCUT2D eigenvalue weighted by Gasteiger charge is 2.46. The van der Waals surface area contributed by atoms with E-state index in [1.165, 1.54) is 25.8 Å². The summed E-state index contributed by atoms with van der Waals surface area (Å²) in [6.07, 6.45) is 2.89. The molecule has 1 aromatic carbocycles. The van der Waals surface area contributed by atoms with E-state index >= 15 is 0 Å². The second kappa shape index (κ2) is 13.2. The minimum absolute atomic E-state index is 0.100. The van der Waals surface area contributed by atoms with Crippen LogP contribution in [0.4, 0.5) is 24.1 Å². The number of pyridine rings is 1. The molecule has 13 nitrogen and oxygen atoms in total. The Kier molecular flexibility index (Phi) is 9.32. The largest absolute Gasteiger partial charge is 0.453 e. The Morgan fingerprint density at radius 3 is 2.61 bits per heavy atom. The maximum Gasteiger partial charge on any atom is 0.411 e. The number of nitrogens with zero attached hydrogens (tertiary/aromatic N) is 6. The molecule has 5 rings (SSSR count). The Hall–Kier alpha value is -4.92. The molecule has 1 aliphatic rings. The third-order valence-electron chi connectivity index (χ3n) is 8.60. The molecule has 1 fully saturated rings. The third kappa shape index (κ3) is 6.54. The van der Waals surface area contributed by atoms with E-state index in [1.807, 2.05) is 25.7 Å². The van der Waals surface area contributed by atoms with E-state index in [1.54, 1.807) is 16.8 Å². The van der Waals surface area contributed by atoms with Crippen LogP contribution < -0.4 is 20.7 Å². The normalized spacial score (nSPS) is 18.0. The minimum Gasteiger partial charge on any atom is -0.453 e. The number of methoxy groups -OCH3 is 1. The fourth-order valence-corrected chi connectivity index (χ4v) is 5.87. The van der Waals surface area contributed by atoms with E-state index in [9.17, 15) is 23.5 Å². The molecule has 0 radical (unpaired) electrons. The number of hydrogen-bond donors (Lipinski definition) is 3. The van der Waals surface area contributed by atoms with Crippen molar-refractivity contribution in [2.24, 2.45) is 17.6 Å². The van der Waals surface area contributed by atoms with Gasteiger partial charge in [0, 0.05) is 18.7 Å². The molecule has 244 valence electrons. The van der Waals surface area contributed by atoms with Gasteiger partial charge in [0.1, 0.15) is 6.33 Å². The Labute approximate surface area is 263 Å². The standard InChI is InChI=1S/C31H36F2N8O5/c1-17(2)18(3)26(42)31(39-30(44)45-4)8-5-9-40(14-31)24-12-35-23(19-6-7-21(32)22(33)10-19)11-20(24)13-41-16-38-25-27(41)36-15-37-28(25)46-29(34)43/h6-7,10-12,15-18,26,42H,5,8-9,13-14H2,1-4H3,(H2,34,43)(H,39,44). The first-order valence-electron chi connectivity index (χ1n) is 14.8. The van der Waals surface area contributed by atoms with Crippen molar-refractivity contribution in [3.05, 3.63) is 60.3 Å². The molecule has 46 heavy (non-hydrogen) atoms. The number of halogens is 2. The molecule has 0 spiro atoms. The Morgan fingerprint density at radius 2 is 1.91 bits per heavy atom. The van der Waals surface area contributed by atoms with Crippen molar-refractivity contribution in [3.8, 4) is 17.1 Å². The number of nitrogens with two attached hydrogens (primary N) is 1. The van der Waals surface area contributed by atoms with Gasteiger partial charge in [-0.15, -0.1) is 0 Å². The summed E-state index contributed by atoms with van der Waals surface area (Å²) in [4.78, 5) is 43.2. The second-order valence-corrected chi connectivity index (χ2v) is 11.8. The monoisotopic (exact) mass is 638 g/mol. The number of rotatable bonds is 9. The highest BCUT2D eigenvalue weighted by atomic mass is 19.2. The number of aliphatic hydroxyl groups excluding tert-OH is 1. The molecule has 1 saturated heterocycles. The fourth-order valence-electron chi connectivity index (χ4n) is 5.87. The lowest BCUT2D eigenvalue weighted by Crippen LogP contribution is -2.66. The molecule has 3 aromatic heterocycles. The van der Waals surface area contributed by atoms with Crippen LogP contribution in [0, 0.1) is 23.5 Å².